The van der Waals surface area contributed by atoms with E-state index in [9.17, 15) is 0 Å². The van der Waals surface area contributed by atoms with E-state index in [-0.39, 0.29) is 0 Å². The molecule has 0 aliphatic carbocycles. The highest BCUT2D eigenvalue weighted by Gasteiger charge is 1.98. The SMILES string of the molecule is C=C(CCc1ccccc1)Cc1ccccc1.CC.CC. The number of allylic oxidation sites excluding steroid dienone is 1. The topological polar surface area (TPSA) is 0 Å². The van der Waals surface area contributed by atoms with Crippen molar-refractivity contribution in [2.45, 2.75) is 47.0 Å². The van der Waals surface area contributed by atoms with E-state index in [1.165, 1.54) is 16.7 Å². The van der Waals surface area contributed by atoms with Crippen LogP contribution in [0.3, 0.4) is 0 Å². The van der Waals surface area contributed by atoms with Crippen molar-refractivity contribution in [3.05, 3.63) is 83.9 Å². The molecular weight excluding hydrogens is 252 g/mol. The van der Waals surface area contributed by atoms with Gasteiger partial charge in [-0.3, -0.25) is 0 Å². The highest BCUT2D eigenvalue weighted by atomic mass is 14.0. The first kappa shape index (κ1) is 19.2. The zero-order valence-corrected chi connectivity index (χ0v) is 14.1. The van der Waals surface area contributed by atoms with Crippen LogP contribution in [0.1, 0.15) is 45.2 Å². The lowest BCUT2D eigenvalue weighted by Crippen LogP contribution is -1.92. The Bertz CT molecular complexity index is 454. The third kappa shape index (κ3) is 8.86. The van der Waals surface area contributed by atoms with E-state index >= 15 is 0 Å². The van der Waals surface area contributed by atoms with Gasteiger partial charge in [-0.05, 0) is 30.4 Å². The Morgan fingerprint density at radius 2 is 1.14 bits per heavy atom. The van der Waals surface area contributed by atoms with E-state index in [0.717, 1.165) is 19.3 Å². The number of benzene rings is 2. The fourth-order valence-corrected chi connectivity index (χ4v) is 1.94. The average molecular weight is 282 g/mol. The molecule has 0 saturated carbocycles. The summed E-state index contributed by atoms with van der Waals surface area (Å²) in [7, 11) is 0. The number of rotatable bonds is 5. The highest BCUT2D eigenvalue weighted by Crippen LogP contribution is 2.12. The maximum Gasteiger partial charge on any atom is -0.00697 e. The van der Waals surface area contributed by atoms with Gasteiger partial charge in [-0.1, -0.05) is 101 Å². The minimum Gasteiger partial charge on any atom is -0.0995 e. The summed E-state index contributed by atoms with van der Waals surface area (Å²) in [6.07, 6.45) is 3.15. The van der Waals surface area contributed by atoms with Crippen LogP contribution in [0.4, 0.5) is 0 Å². The van der Waals surface area contributed by atoms with E-state index in [4.69, 9.17) is 0 Å². The van der Waals surface area contributed by atoms with Gasteiger partial charge in [0.1, 0.15) is 0 Å². The molecule has 0 saturated heterocycles. The first-order valence-electron chi connectivity index (χ1n) is 8.09. The maximum atomic E-state index is 4.17. The smallest absolute Gasteiger partial charge is 0.00697 e. The van der Waals surface area contributed by atoms with Gasteiger partial charge < -0.3 is 0 Å². The second-order valence-electron chi connectivity index (χ2n) is 4.40. The predicted molar refractivity (Wildman–Crippen MR) is 96.7 cm³/mol. The van der Waals surface area contributed by atoms with Gasteiger partial charge >= 0.3 is 0 Å². The molecule has 0 heteroatoms. The molecule has 0 N–H and O–H groups in total. The van der Waals surface area contributed by atoms with Crippen molar-refractivity contribution in [1.82, 2.24) is 0 Å². The second kappa shape index (κ2) is 13.2. The van der Waals surface area contributed by atoms with Crippen LogP contribution in [0.2, 0.25) is 0 Å². The molecule has 21 heavy (non-hydrogen) atoms. The Kier molecular flexibility index (Phi) is 12.0. The quantitative estimate of drug-likeness (QED) is 0.551. The Balaban J connectivity index is 0.000000921. The molecule has 2 rings (SSSR count). The highest BCUT2D eigenvalue weighted by molar-refractivity contribution is 5.22. The van der Waals surface area contributed by atoms with Crippen LogP contribution in [0.5, 0.6) is 0 Å². The molecule has 0 amide bonds. The second-order valence-corrected chi connectivity index (χ2v) is 4.40. The lowest BCUT2D eigenvalue weighted by atomic mass is 10.00. The van der Waals surface area contributed by atoms with Crippen molar-refractivity contribution in [1.29, 1.82) is 0 Å². The molecule has 0 aliphatic heterocycles. The molecule has 0 radical (unpaired) electrons. The normalized spacial score (nSPS) is 8.76. The van der Waals surface area contributed by atoms with Crippen LogP contribution >= 0.6 is 0 Å². The fourth-order valence-electron chi connectivity index (χ4n) is 1.94. The third-order valence-electron chi connectivity index (χ3n) is 2.91. The molecule has 0 bridgehead atoms. The van der Waals surface area contributed by atoms with E-state index in [2.05, 4.69) is 67.2 Å². The van der Waals surface area contributed by atoms with Gasteiger partial charge in [0.25, 0.3) is 0 Å². The molecule has 0 aromatic heterocycles. The molecule has 114 valence electrons. The zero-order valence-electron chi connectivity index (χ0n) is 14.1. The lowest BCUT2D eigenvalue weighted by molar-refractivity contribution is 0.904. The van der Waals surface area contributed by atoms with Crippen molar-refractivity contribution >= 4 is 0 Å². The predicted octanol–water partition coefficient (Wildman–Crippen LogP) is 6.47. The Labute approximate surface area is 131 Å². The van der Waals surface area contributed by atoms with Crippen LogP contribution in [0, 0.1) is 0 Å². The average Bonchev–Trinajstić information content (AvgIpc) is 2.58. The number of hydrogen-bond acceptors (Lipinski definition) is 0. The van der Waals surface area contributed by atoms with Gasteiger partial charge in [0, 0.05) is 0 Å². The largest absolute Gasteiger partial charge is 0.0995 e. The van der Waals surface area contributed by atoms with Crippen molar-refractivity contribution in [2.24, 2.45) is 0 Å². The molecule has 0 heterocycles. The van der Waals surface area contributed by atoms with Gasteiger partial charge in [0.15, 0.2) is 0 Å². The van der Waals surface area contributed by atoms with Crippen LogP contribution < -0.4 is 0 Å². The molecule has 0 atom stereocenters. The van der Waals surface area contributed by atoms with Gasteiger partial charge in [0.05, 0.1) is 0 Å². The summed E-state index contributed by atoms with van der Waals surface area (Å²) in [4.78, 5) is 0. The number of hydrogen-bond donors (Lipinski definition) is 0. The first-order valence-corrected chi connectivity index (χ1v) is 8.09. The summed E-state index contributed by atoms with van der Waals surface area (Å²) in [5.74, 6) is 0. The molecule has 0 unspecified atom stereocenters. The molecule has 0 fully saturated rings. The van der Waals surface area contributed by atoms with Crippen LogP contribution in [0.15, 0.2) is 72.8 Å². The summed E-state index contributed by atoms with van der Waals surface area (Å²) in [5.41, 5.74) is 4.05. The van der Waals surface area contributed by atoms with Crippen LogP contribution in [-0.4, -0.2) is 0 Å². The van der Waals surface area contributed by atoms with Gasteiger partial charge in [-0.25, -0.2) is 0 Å². The molecule has 0 nitrogen and oxygen atoms in total. The lowest BCUT2D eigenvalue weighted by Gasteiger charge is -2.06. The third-order valence-corrected chi connectivity index (χ3v) is 2.91. The van der Waals surface area contributed by atoms with E-state index in [1.54, 1.807) is 0 Å². The molecular formula is C21H30. The maximum absolute atomic E-state index is 4.17. The van der Waals surface area contributed by atoms with Gasteiger partial charge in [0.2, 0.25) is 0 Å². The summed E-state index contributed by atoms with van der Waals surface area (Å²) >= 11 is 0. The monoisotopic (exact) mass is 282 g/mol. The minimum atomic E-state index is 0.994. The van der Waals surface area contributed by atoms with E-state index in [1.807, 2.05) is 27.7 Å². The first-order chi connectivity index (χ1) is 10.3. The van der Waals surface area contributed by atoms with E-state index in [0.29, 0.717) is 0 Å². The Hall–Kier alpha value is -1.82. The van der Waals surface area contributed by atoms with Crippen LogP contribution in [-0.2, 0) is 12.8 Å². The van der Waals surface area contributed by atoms with Crippen LogP contribution in [0.25, 0.3) is 0 Å². The van der Waals surface area contributed by atoms with Gasteiger partial charge in [-0.2, -0.15) is 0 Å². The Morgan fingerprint density at radius 3 is 1.62 bits per heavy atom. The van der Waals surface area contributed by atoms with E-state index < -0.39 is 0 Å². The standard InChI is InChI=1S/C17H18.2C2H6/c1-15(14-17-10-6-3-7-11-17)12-13-16-8-4-2-5-9-16;2*1-2/h2-11H,1,12-14H2;2*1-2H3. The molecule has 0 spiro atoms. The molecule has 2 aromatic rings. The van der Waals surface area contributed by atoms with Crippen molar-refractivity contribution < 1.29 is 0 Å². The summed E-state index contributed by atoms with van der Waals surface area (Å²) < 4.78 is 0. The van der Waals surface area contributed by atoms with Gasteiger partial charge in [-0.15, -0.1) is 0 Å². The summed E-state index contributed by atoms with van der Waals surface area (Å²) in [6.45, 7) is 12.2. The fraction of sp³-hybridized carbons (Fsp3) is 0.333. The molecule has 2 aromatic carbocycles. The number of aryl methyl sites for hydroxylation is 1. The molecule has 0 aliphatic rings. The summed E-state index contributed by atoms with van der Waals surface area (Å²) in [5, 5.41) is 0. The Morgan fingerprint density at radius 1 is 0.714 bits per heavy atom. The minimum absolute atomic E-state index is 0.994. The van der Waals surface area contributed by atoms with Crippen molar-refractivity contribution in [3.63, 3.8) is 0 Å². The van der Waals surface area contributed by atoms with Crippen molar-refractivity contribution in [2.75, 3.05) is 0 Å². The zero-order chi connectivity index (χ0) is 15.9. The van der Waals surface area contributed by atoms with Crippen molar-refractivity contribution in [3.8, 4) is 0 Å². The summed E-state index contributed by atoms with van der Waals surface area (Å²) in [6, 6.07) is 21.1.